The third-order valence-corrected chi connectivity index (χ3v) is 12.3. The van der Waals surface area contributed by atoms with Crippen LogP contribution in [0.2, 0.25) is 0 Å². The summed E-state index contributed by atoms with van der Waals surface area (Å²) >= 11 is 0. The number of piperazine rings is 1. The maximum Gasteiger partial charge on any atom is 0.264 e. The van der Waals surface area contributed by atoms with Crippen LogP contribution in [0.25, 0.3) is 0 Å². The van der Waals surface area contributed by atoms with Crippen LogP contribution in [0, 0.1) is 12.8 Å². The lowest BCUT2D eigenvalue weighted by molar-refractivity contribution is -0.121. The average molecular weight is 874 g/mol. The lowest BCUT2D eigenvalue weighted by Crippen LogP contribution is -2.55. The Balaban J connectivity index is 0.00000129. The number of amides is 3. The molecule has 16 heteroatoms. The second-order valence-corrected chi connectivity index (χ2v) is 16.5. The molecule has 0 saturated carbocycles. The maximum atomic E-state index is 13.6. The number of imide groups is 1. The number of carbonyl (C=O) groups excluding carboxylic acids is 5. The lowest BCUT2D eigenvalue weighted by Gasteiger charge is -2.45. The van der Waals surface area contributed by atoms with Gasteiger partial charge in [-0.2, -0.15) is 0 Å². The molecule has 7 rings (SSSR count). The summed E-state index contributed by atoms with van der Waals surface area (Å²) in [5.41, 5.74) is 6.04. The molecule has 0 spiro atoms. The highest BCUT2D eigenvalue weighted by Crippen LogP contribution is 2.37. The van der Waals surface area contributed by atoms with Crippen molar-refractivity contribution < 1.29 is 24.0 Å². The molecule has 3 amide bonds. The highest BCUT2D eigenvalue weighted by atomic mass is 16.2. The number of benzene rings is 2. The Hall–Kier alpha value is -6.39. The van der Waals surface area contributed by atoms with Gasteiger partial charge in [-0.1, -0.05) is 32.1 Å². The first-order valence-corrected chi connectivity index (χ1v) is 22.3. The third kappa shape index (κ3) is 11.0. The van der Waals surface area contributed by atoms with E-state index in [4.69, 9.17) is 4.98 Å². The van der Waals surface area contributed by atoms with Gasteiger partial charge in [-0.25, -0.2) is 9.98 Å². The number of aldehydes is 2. The summed E-state index contributed by atoms with van der Waals surface area (Å²) in [6, 6.07) is 16.6. The van der Waals surface area contributed by atoms with E-state index in [1.165, 1.54) is 7.05 Å². The van der Waals surface area contributed by atoms with E-state index in [9.17, 15) is 24.0 Å². The molecule has 5 heterocycles. The number of aromatic nitrogens is 1. The SMILES string of the molecule is C=CCNC.CCC(CC)c1nc(NC2=C(C=O)C=NC(Nc3ccc(N4CCN(CC5CN(c6cccc7c6C(=O)N(C(C=O)CCC(=O)NC)C7=O)C5)CC4)cc3)N2)ccc1C. The summed E-state index contributed by atoms with van der Waals surface area (Å²) in [5, 5.41) is 15.4. The van der Waals surface area contributed by atoms with Crippen molar-refractivity contribution in [3.8, 4) is 0 Å². The van der Waals surface area contributed by atoms with E-state index >= 15 is 0 Å². The number of rotatable bonds is 19. The van der Waals surface area contributed by atoms with Crippen molar-refractivity contribution in [1.82, 2.24) is 30.7 Å². The Morgan fingerprint density at radius 2 is 1.69 bits per heavy atom. The quantitative estimate of drug-likeness (QED) is 0.0645. The molecule has 0 bridgehead atoms. The molecule has 2 aromatic carbocycles. The van der Waals surface area contributed by atoms with Crippen LogP contribution >= 0.6 is 0 Å². The second kappa shape index (κ2) is 22.3. The van der Waals surface area contributed by atoms with Crippen molar-refractivity contribution >= 4 is 59.4 Å². The van der Waals surface area contributed by atoms with E-state index in [0.717, 1.165) is 99.0 Å². The minimum absolute atomic E-state index is 0.0386. The number of likely N-dealkylation sites (N-methyl/N-ethyl adjacent to an activating group) is 1. The van der Waals surface area contributed by atoms with Crippen LogP contribution in [-0.4, -0.2) is 130 Å². The number of fused-ring (bicyclic) bond motifs is 1. The molecule has 3 aromatic rings. The van der Waals surface area contributed by atoms with Crippen molar-refractivity contribution in [2.24, 2.45) is 10.9 Å². The number of nitrogens with zero attached hydrogens (tertiary/aromatic N) is 6. The normalized spacial score (nSPS) is 17.8. The molecule has 1 aromatic heterocycles. The van der Waals surface area contributed by atoms with Crippen LogP contribution in [0.3, 0.4) is 0 Å². The predicted molar refractivity (Wildman–Crippen MR) is 253 cm³/mol. The molecule has 64 heavy (non-hydrogen) atoms. The zero-order chi connectivity index (χ0) is 45.8. The summed E-state index contributed by atoms with van der Waals surface area (Å²) in [4.78, 5) is 79.9. The standard InChI is InChI=1S/C44H54N10O5.C4H9N/c1-5-30(6-2)40-28(3)10-16-37(48-40)49-41-31(26-55)22-46-44(50-41)47-32-11-13-33(14-12-32)52-20-18-51(19-21-52)23-29-24-53(25-29)36-9-7-8-35-39(36)43(59)54(42(35)58)34(27-56)15-17-38(57)45-4;1-3-4-5-2/h7-14,16,22,26-27,29-30,34,44,47,50H,5-6,15,17-21,23-25H2,1-4H3,(H,45,57)(H,48,49);3,5H,1,4H2,2H3. The minimum Gasteiger partial charge on any atom is -0.370 e. The Labute approximate surface area is 376 Å². The van der Waals surface area contributed by atoms with Crippen molar-refractivity contribution in [3.63, 3.8) is 0 Å². The largest absolute Gasteiger partial charge is 0.370 e. The summed E-state index contributed by atoms with van der Waals surface area (Å²) in [7, 11) is 3.40. The van der Waals surface area contributed by atoms with Crippen LogP contribution in [0.15, 0.2) is 83.6 Å². The van der Waals surface area contributed by atoms with Gasteiger partial charge in [0.05, 0.1) is 28.4 Å². The first-order chi connectivity index (χ1) is 31.0. The van der Waals surface area contributed by atoms with Gasteiger partial charge in [0.25, 0.3) is 11.8 Å². The molecular weight excluding hydrogens is 811 g/mol. The van der Waals surface area contributed by atoms with E-state index in [2.05, 4.69) is 91.8 Å². The zero-order valence-electron chi connectivity index (χ0n) is 37.7. The van der Waals surface area contributed by atoms with Gasteiger partial charge in [0.15, 0.2) is 12.6 Å². The topological polar surface area (TPSA) is 184 Å². The van der Waals surface area contributed by atoms with Gasteiger partial charge >= 0.3 is 0 Å². The summed E-state index contributed by atoms with van der Waals surface area (Å²) in [6.45, 7) is 17.0. The molecule has 0 aliphatic carbocycles. The van der Waals surface area contributed by atoms with Crippen LogP contribution < -0.4 is 36.4 Å². The molecule has 2 unspecified atom stereocenters. The predicted octanol–water partition coefficient (Wildman–Crippen LogP) is 4.53. The van der Waals surface area contributed by atoms with Gasteiger partial charge in [0, 0.05) is 101 Å². The second-order valence-electron chi connectivity index (χ2n) is 16.5. The van der Waals surface area contributed by atoms with Crippen LogP contribution in [0.4, 0.5) is 22.9 Å². The number of carbonyl (C=O) groups is 5. The molecule has 340 valence electrons. The van der Waals surface area contributed by atoms with Crippen molar-refractivity contribution in [3.05, 3.63) is 101 Å². The Morgan fingerprint density at radius 3 is 2.31 bits per heavy atom. The van der Waals surface area contributed by atoms with Gasteiger partial charge in [-0.15, -0.1) is 6.58 Å². The third-order valence-electron chi connectivity index (χ3n) is 12.3. The monoisotopic (exact) mass is 874 g/mol. The molecule has 5 N–H and O–H groups in total. The summed E-state index contributed by atoms with van der Waals surface area (Å²) in [6.07, 6.45) is 6.40. The molecule has 4 aliphatic rings. The maximum absolute atomic E-state index is 13.6. The fourth-order valence-electron chi connectivity index (χ4n) is 8.60. The molecular formula is C48H63N11O5. The van der Waals surface area contributed by atoms with E-state index in [1.54, 1.807) is 18.3 Å². The minimum atomic E-state index is -0.998. The first-order valence-electron chi connectivity index (χ1n) is 22.3. The number of anilines is 4. The number of aliphatic imine (C=N–C) groups is 1. The van der Waals surface area contributed by atoms with Crippen molar-refractivity contribution in [2.45, 2.75) is 64.7 Å². The number of hydrogen-bond acceptors (Lipinski definition) is 14. The zero-order valence-corrected chi connectivity index (χ0v) is 37.7. The van der Waals surface area contributed by atoms with Crippen molar-refractivity contribution in [1.29, 1.82) is 0 Å². The number of nitrogens with one attached hydrogen (secondary N) is 5. The van der Waals surface area contributed by atoms with Crippen LogP contribution in [0.1, 0.15) is 77.4 Å². The van der Waals surface area contributed by atoms with Crippen LogP contribution in [0.5, 0.6) is 0 Å². The number of pyridine rings is 1. The first kappa shape index (κ1) is 47.1. The van der Waals surface area contributed by atoms with Gasteiger partial charge in [0.2, 0.25) is 5.91 Å². The molecule has 0 radical (unpaired) electrons. The molecule has 4 aliphatic heterocycles. The smallest absolute Gasteiger partial charge is 0.264 e. The molecule has 2 saturated heterocycles. The van der Waals surface area contributed by atoms with Gasteiger partial charge in [-0.3, -0.25) is 29.0 Å². The van der Waals surface area contributed by atoms with Gasteiger partial charge in [-0.05, 0) is 81.3 Å². The van der Waals surface area contributed by atoms with E-state index < -0.39 is 24.1 Å². The number of allylic oxidation sites excluding steroid dienone is 1. The van der Waals surface area contributed by atoms with Crippen LogP contribution in [-0.2, 0) is 14.4 Å². The fourth-order valence-corrected chi connectivity index (χ4v) is 8.60. The fraction of sp³-hybridized carbons (Fsp3) is 0.438. The van der Waals surface area contributed by atoms with Gasteiger partial charge < -0.3 is 41.2 Å². The Morgan fingerprint density at radius 1 is 0.953 bits per heavy atom. The Kier molecular flexibility index (Phi) is 16.4. The van der Waals surface area contributed by atoms with Gasteiger partial charge in [0.1, 0.15) is 17.9 Å². The highest BCUT2D eigenvalue weighted by molar-refractivity contribution is 6.24. The number of aryl methyl sites for hydroxylation is 1. The van der Waals surface area contributed by atoms with E-state index in [-0.39, 0.29) is 18.7 Å². The highest BCUT2D eigenvalue weighted by Gasteiger charge is 2.43. The molecule has 2 atom stereocenters. The Bertz CT molecular complexity index is 2210. The van der Waals surface area contributed by atoms with Crippen molar-refractivity contribution in [2.75, 3.05) is 86.9 Å². The number of hydrogen-bond donors (Lipinski definition) is 5. The average Bonchev–Trinajstić information content (AvgIpc) is 3.56. The van der Waals surface area contributed by atoms with E-state index in [0.29, 0.717) is 52.1 Å². The lowest BCUT2D eigenvalue weighted by atomic mass is 9.95. The molecule has 16 nitrogen and oxygen atoms in total. The molecule has 2 fully saturated rings. The summed E-state index contributed by atoms with van der Waals surface area (Å²) in [5.74, 6) is 0.790. The van der Waals surface area contributed by atoms with E-state index in [1.807, 2.05) is 37.4 Å². The summed E-state index contributed by atoms with van der Waals surface area (Å²) < 4.78 is 0.